The summed E-state index contributed by atoms with van der Waals surface area (Å²) in [5.74, 6) is 0.766. The van der Waals surface area contributed by atoms with Gasteiger partial charge in [0.15, 0.2) is 0 Å². The maximum atomic E-state index is 12.0. The number of unbranched alkanes of at least 4 members (excludes halogenated alkanes) is 7. The number of rotatable bonds is 10. The topological polar surface area (TPSA) is 46.1 Å². The molecule has 4 nitrogen and oxygen atoms in total. The first kappa shape index (κ1) is 16.7. The predicted molar refractivity (Wildman–Crippen MR) is 90.9 cm³/mol. The van der Waals surface area contributed by atoms with Gasteiger partial charge in [0.2, 0.25) is 11.0 Å². The maximum Gasteiger partial charge on any atom is 0.239 e. The van der Waals surface area contributed by atoms with Crippen LogP contribution in [0, 0.1) is 0 Å². The average molecular weight is 328 g/mol. The molecule has 1 amide bonds. The summed E-state index contributed by atoms with van der Waals surface area (Å²) in [4.78, 5) is 13.8. The number of hydrogen-bond donors (Lipinski definition) is 0. The molecule has 1 atom stereocenters. The Morgan fingerprint density at radius 2 is 1.90 bits per heavy atom. The third kappa shape index (κ3) is 5.25. The lowest BCUT2D eigenvalue weighted by molar-refractivity contribution is -0.115. The molecule has 2 heterocycles. The highest BCUT2D eigenvalue weighted by Crippen LogP contribution is 2.34. The van der Waals surface area contributed by atoms with Crippen LogP contribution in [0.15, 0.2) is 5.51 Å². The van der Waals surface area contributed by atoms with Gasteiger partial charge in [0, 0.05) is 0 Å². The number of anilines is 1. The van der Waals surface area contributed by atoms with E-state index in [1.54, 1.807) is 17.3 Å². The molecule has 2 rings (SSSR count). The van der Waals surface area contributed by atoms with Crippen molar-refractivity contribution in [2.45, 2.75) is 70.1 Å². The number of carbonyl (C=O) groups is 1. The van der Waals surface area contributed by atoms with Crippen molar-refractivity contribution < 1.29 is 4.79 Å². The highest BCUT2D eigenvalue weighted by atomic mass is 32.2. The Morgan fingerprint density at radius 1 is 1.19 bits per heavy atom. The van der Waals surface area contributed by atoms with Crippen LogP contribution in [0.4, 0.5) is 5.13 Å². The minimum atomic E-state index is 0.182. The van der Waals surface area contributed by atoms with Crippen molar-refractivity contribution in [2.24, 2.45) is 0 Å². The molecule has 6 heteroatoms. The van der Waals surface area contributed by atoms with E-state index >= 15 is 0 Å². The molecule has 0 unspecified atom stereocenters. The Labute approximate surface area is 135 Å². The van der Waals surface area contributed by atoms with Crippen molar-refractivity contribution in [2.75, 3.05) is 10.7 Å². The summed E-state index contributed by atoms with van der Waals surface area (Å²) in [5, 5.41) is 8.92. The zero-order valence-corrected chi connectivity index (χ0v) is 14.4. The van der Waals surface area contributed by atoms with Crippen LogP contribution >= 0.6 is 23.1 Å². The van der Waals surface area contributed by atoms with Crippen molar-refractivity contribution in [3.8, 4) is 0 Å². The summed E-state index contributed by atoms with van der Waals surface area (Å²) in [6.45, 7) is 2.25. The molecular formula is C15H25N3OS2. The van der Waals surface area contributed by atoms with E-state index < -0.39 is 0 Å². The van der Waals surface area contributed by atoms with Gasteiger partial charge in [-0.15, -0.1) is 22.0 Å². The number of nitrogens with zero attached hydrogens (tertiary/aromatic N) is 3. The van der Waals surface area contributed by atoms with E-state index in [2.05, 4.69) is 17.1 Å². The Balaban J connectivity index is 1.63. The number of amides is 1. The van der Waals surface area contributed by atoms with Crippen LogP contribution in [0.3, 0.4) is 0 Å². The average Bonchev–Trinajstić information content (AvgIpc) is 3.11. The van der Waals surface area contributed by atoms with Crippen LogP contribution in [0.5, 0.6) is 0 Å². The zero-order chi connectivity index (χ0) is 14.9. The molecule has 0 N–H and O–H groups in total. The molecule has 1 aromatic rings. The number of thioether (sulfide) groups is 1. The van der Waals surface area contributed by atoms with Crippen LogP contribution < -0.4 is 4.90 Å². The van der Waals surface area contributed by atoms with E-state index in [9.17, 15) is 4.79 Å². The molecule has 0 aromatic carbocycles. The predicted octanol–water partition coefficient (Wildman–Crippen LogP) is 4.47. The van der Waals surface area contributed by atoms with Gasteiger partial charge in [0.25, 0.3) is 0 Å². The molecular weight excluding hydrogens is 302 g/mol. The molecule has 1 saturated heterocycles. The maximum absolute atomic E-state index is 12.0. The first-order chi connectivity index (χ1) is 10.3. The minimum absolute atomic E-state index is 0.182. The van der Waals surface area contributed by atoms with E-state index in [-0.39, 0.29) is 11.3 Å². The lowest BCUT2D eigenvalue weighted by Crippen LogP contribution is -2.32. The lowest BCUT2D eigenvalue weighted by Gasteiger charge is -2.20. The quantitative estimate of drug-likeness (QED) is 0.595. The summed E-state index contributed by atoms with van der Waals surface area (Å²) in [7, 11) is 0. The first-order valence-electron chi connectivity index (χ1n) is 8.02. The standard InChI is InChI=1S/C15H25N3OS2/c1-2-3-4-5-6-7-8-9-10-14-18(13(19)11-20-14)15-17-16-12-21-15/h12,14H,2-11H2,1H3/t14-/m1/s1. The SMILES string of the molecule is CCCCCCCCCC[C@H]1SCC(=O)N1c1nncs1. The van der Waals surface area contributed by atoms with Gasteiger partial charge in [-0.2, -0.15) is 0 Å². The summed E-state index contributed by atoms with van der Waals surface area (Å²) in [6.07, 6.45) is 11.7. The smallest absolute Gasteiger partial charge is 0.239 e. The highest BCUT2D eigenvalue weighted by molar-refractivity contribution is 8.01. The fraction of sp³-hybridized carbons (Fsp3) is 0.800. The zero-order valence-electron chi connectivity index (χ0n) is 12.8. The van der Waals surface area contributed by atoms with Gasteiger partial charge < -0.3 is 0 Å². The summed E-state index contributed by atoms with van der Waals surface area (Å²) in [6, 6.07) is 0. The summed E-state index contributed by atoms with van der Waals surface area (Å²) in [5.41, 5.74) is 1.69. The third-order valence-corrected chi connectivity index (χ3v) is 5.75. The largest absolute Gasteiger partial charge is 0.273 e. The van der Waals surface area contributed by atoms with E-state index in [0.29, 0.717) is 5.75 Å². The fourth-order valence-electron chi connectivity index (χ4n) is 2.64. The van der Waals surface area contributed by atoms with Crippen LogP contribution in [0.1, 0.15) is 64.7 Å². The van der Waals surface area contributed by atoms with Crippen LogP contribution in [-0.2, 0) is 4.79 Å². The van der Waals surface area contributed by atoms with E-state index in [0.717, 1.165) is 11.6 Å². The molecule has 118 valence electrons. The molecule has 1 aliphatic heterocycles. The molecule has 0 bridgehead atoms. The second kappa shape index (κ2) is 9.41. The molecule has 0 spiro atoms. The van der Waals surface area contributed by atoms with Gasteiger partial charge in [0.1, 0.15) is 5.51 Å². The highest BCUT2D eigenvalue weighted by Gasteiger charge is 2.34. The van der Waals surface area contributed by atoms with Crippen molar-refractivity contribution in [1.29, 1.82) is 0 Å². The molecule has 0 aliphatic carbocycles. The third-order valence-electron chi connectivity index (χ3n) is 3.82. The van der Waals surface area contributed by atoms with E-state index in [4.69, 9.17) is 0 Å². The molecule has 1 aromatic heterocycles. The van der Waals surface area contributed by atoms with Gasteiger partial charge in [-0.3, -0.25) is 9.69 Å². The van der Waals surface area contributed by atoms with Gasteiger partial charge in [-0.25, -0.2) is 0 Å². The van der Waals surface area contributed by atoms with Crippen LogP contribution in [0.2, 0.25) is 0 Å². The van der Waals surface area contributed by atoms with Crippen LogP contribution in [-0.4, -0.2) is 27.2 Å². The Hall–Kier alpha value is -0.620. The number of hydrogen-bond acceptors (Lipinski definition) is 5. The molecule has 1 fully saturated rings. The molecule has 0 radical (unpaired) electrons. The van der Waals surface area contributed by atoms with Crippen molar-refractivity contribution >= 4 is 34.1 Å². The minimum Gasteiger partial charge on any atom is -0.273 e. The second-order valence-corrected chi connectivity index (χ2v) is 7.49. The normalized spacial score (nSPS) is 18.6. The van der Waals surface area contributed by atoms with Gasteiger partial charge >= 0.3 is 0 Å². The van der Waals surface area contributed by atoms with Gasteiger partial charge in [-0.05, 0) is 6.42 Å². The Morgan fingerprint density at radius 3 is 2.57 bits per heavy atom. The summed E-state index contributed by atoms with van der Waals surface area (Å²) >= 11 is 3.20. The van der Waals surface area contributed by atoms with E-state index in [1.807, 2.05) is 4.90 Å². The number of aromatic nitrogens is 2. The lowest BCUT2D eigenvalue weighted by atomic mass is 10.1. The van der Waals surface area contributed by atoms with Gasteiger partial charge in [0.05, 0.1) is 11.1 Å². The number of carbonyl (C=O) groups excluding carboxylic acids is 1. The summed E-state index contributed by atoms with van der Waals surface area (Å²) < 4.78 is 0. The van der Waals surface area contributed by atoms with Gasteiger partial charge in [-0.1, -0.05) is 69.6 Å². The van der Waals surface area contributed by atoms with Crippen molar-refractivity contribution in [3.05, 3.63) is 5.51 Å². The monoisotopic (exact) mass is 327 g/mol. The fourth-order valence-corrected chi connectivity index (χ4v) is 4.51. The Bertz CT molecular complexity index is 411. The van der Waals surface area contributed by atoms with E-state index in [1.165, 1.54) is 62.7 Å². The molecule has 21 heavy (non-hydrogen) atoms. The molecule has 1 aliphatic rings. The van der Waals surface area contributed by atoms with Crippen LogP contribution in [0.25, 0.3) is 0 Å². The van der Waals surface area contributed by atoms with Crippen molar-refractivity contribution in [3.63, 3.8) is 0 Å². The second-order valence-electron chi connectivity index (χ2n) is 5.51. The Kier molecular flexibility index (Phi) is 7.50. The van der Waals surface area contributed by atoms with Crippen molar-refractivity contribution in [1.82, 2.24) is 10.2 Å². The first-order valence-corrected chi connectivity index (χ1v) is 9.95. The molecule has 0 saturated carbocycles.